The molecule has 0 N–H and O–H groups in total. The third kappa shape index (κ3) is 2.55. The summed E-state index contributed by atoms with van der Waals surface area (Å²) < 4.78 is 5.13. The van der Waals surface area contributed by atoms with Gasteiger partial charge in [-0.05, 0) is 19.3 Å². The number of methoxy groups -OCH3 is 1. The van der Waals surface area contributed by atoms with Crippen LogP contribution in [0.4, 0.5) is 5.95 Å². The van der Waals surface area contributed by atoms with Crippen molar-refractivity contribution in [3.05, 3.63) is 12.3 Å². The monoisotopic (exact) mass is 276 g/mol. The smallest absolute Gasteiger partial charge is 0.228 e. The van der Waals surface area contributed by atoms with Crippen LogP contribution >= 0.6 is 0 Å². The van der Waals surface area contributed by atoms with E-state index >= 15 is 0 Å². The molecule has 2 saturated heterocycles. The van der Waals surface area contributed by atoms with E-state index in [1.807, 2.05) is 0 Å². The summed E-state index contributed by atoms with van der Waals surface area (Å²) in [5.74, 6) is 1.63. The summed E-state index contributed by atoms with van der Waals surface area (Å²) in [6.45, 7) is 2.71. The number of carbonyl (C=O) groups excluding carboxylic acids is 1. The van der Waals surface area contributed by atoms with Gasteiger partial charge in [-0.2, -0.15) is 4.98 Å². The van der Waals surface area contributed by atoms with E-state index in [4.69, 9.17) is 4.74 Å². The highest BCUT2D eigenvalue weighted by atomic mass is 16.5. The molecule has 20 heavy (non-hydrogen) atoms. The number of amides is 1. The second-order valence-corrected chi connectivity index (χ2v) is 5.31. The highest BCUT2D eigenvalue weighted by molar-refractivity contribution is 5.78. The molecule has 6 heteroatoms. The molecule has 2 fully saturated rings. The summed E-state index contributed by atoms with van der Waals surface area (Å²) >= 11 is 0. The lowest BCUT2D eigenvalue weighted by atomic mass is 10.0. The van der Waals surface area contributed by atoms with Crippen molar-refractivity contribution in [1.29, 1.82) is 0 Å². The number of hydrogen-bond donors (Lipinski definition) is 0. The number of nitrogens with zero attached hydrogens (tertiary/aromatic N) is 4. The third-order valence-electron chi connectivity index (χ3n) is 4.12. The second kappa shape index (κ2) is 5.64. The van der Waals surface area contributed by atoms with Crippen LogP contribution in [-0.2, 0) is 4.79 Å². The summed E-state index contributed by atoms with van der Waals surface area (Å²) in [4.78, 5) is 24.7. The largest absolute Gasteiger partial charge is 0.481 e. The third-order valence-corrected chi connectivity index (χ3v) is 4.12. The van der Waals surface area contributed by atoms with E-state index in [1.165, 1.54) is 0 Å². The molecule has 2 aliphatic heterocycles. The molecule has 0 spiro atoms. The Labute approximate surface area is 118 Å². The van der Waals surface area contributed by atoms with E-state index in [2.05, 4.69) is 19.8 Å². The van der Waals surface area contributed by atoms with Gasteiger partial charge in [-0.25, -0.2) is 4.98 Å². The molecule has 1 amide bonds. The van der Waals surface area contributed by atoms with Crippen LogP contribution in [-0.4, -0.2) is 53.6 Å². The molecule has 6 nitrogen and oxygen atoms in total. The van der Waals surface area contributed by atoms with Gasteiger partial charge in [0, 0.05) is 44.4 Å². The first-order valence-corrected chi connectivity index (χ1v) is 7.19. The van der Waals surface area contributed by atoms with Gasteiger partial charge in [0.05, 0.1) is 7.11 Å². The molecule has 108 valence electrons. The van der Waals surface area contributed by atoms with Crippen LogP contribution in [0.15, 0.2) is 12.3 Å². The lowest BCUT2D eigenvalue weighted by molar-refractivity contribution is -0.130. The fourth-order valence-corrected chi connectivity index (χ4v) is 3.03. The molecule has 0 saturated carbocycles. The fourth-order valence-electron chi connectivity index (χ4n) is 3.03. The Morgan fingerprint density at radius 1 is 1.30 bits per heavy atom. The number of rotatable bonds is 3. The second-order valence-electron chi connectivity index (χ2n) is 5.31. The number of piperidine rings is 1. The molecule has 0 unspecified atom stereocenters. The van der Waals surface area contributed by atoms with Gasteiger partial charge in [-0.3, -0.25) is 4.79 Å². The molecule has 1 aromatic rings. The normalized spacial score (nSPS) is 20.6. The number of likely N-dealkylation sites (tertiary alicyclic amines) is 1. The van der Waals surface area contributed by atoms with E-state index in [9.17, 15) is 4.79 Å². The number of aromatic nitrogens is 2. The van der Waals surface area contributed by atoms with Crippen LogP contribution in [0.25, 0.3) is 0 Å². The molecule has 0 aromatic carbocycles. The van der Waals surface area contributed by atoms with Gasteiger partial charge >= 0.3 is 0 Å². The summed E-state index contributed by atoms with van der Waals surface area (Å²) in [5, 5.41) is 0. The zero-order valence-electron chi connectivity index (χ0n) is 11.8. The predicted octanol–water partition coefficient (Wildman–Crippen LogP) is 1.08. The van der Waals surface area contributed by atoms with Crippen LogP contribution in [0.3, 0.4) is 0 Å². The molecular weight excluding hydrogens is 256 g/mol. The molecule has 1 aromatic heterocycles. The zero-order chi connectivity index (χ0) is 13.9. The first-order chi connectivity index (χ1) is 9.78. The summed E-state index contributed by atoms with van der Waals surface area (Å²) in [7, 11) is 1.61. The first-order valence-electron chi connectivity index (χ1n) is 7.19. The Kier molecular flexibility index (Phi) is 3.71. The average molecular weight is 276 g/mol. The van der Waals surface area contributed by atoms with Gasteiger partial charge in [-0.15, -0.1) is 0 Å². The van der Waals surface area contributed by atoms with Gasteiger partial charge in [-0.1, -0.05) is 0 Å². The van der Waals surface area contributed by atoms with Gasteiger partial charge in [0.1, 0.15) is 0 Å². The Morgan fingerprint density at radius 3 is 2.75 bits per heavy atom. The van der Waals surface area contributed by atoms with Crippen molar-refractivity contribution in [3.63, 3.8) is 0 Å². The van der Waals surface area contributed by atoms with Crippen molar-refractivity contribution in [1.82, 2.24) is 14.9 Å². The van der Waals surface area contributed by atoms with E-state index in [-0.39, 0.29) is 0 Å². The van der Waals surface area contributed by atoms with E-state index in [1.54, 1.807) is 19.4 Å². The standard InChI is InChI=1S/C14H20N4O2/c1-20-12-4-7-15-14(16-12)17-9-5-11(6-10-17)18-8-2-3-13(18)19/h4,7,11H,2-3,5-6,8-10H2,1H3. The number of carbonyl (C=O) groups is 1. The minimum Gasteiger partial charge on any atom is -0.481 e. The Hall–Kier alpha value is -1.85. The predicted molar refractivity (Wildman–Crippen MR) is 74.8 cm³/mol. The van der Waals surface area contributed by atoms with E-state index < -0.39 is 0 Å². The lowest BCUT2D eigenvalue weighted by Gasteiger charge is -2.36. The van der Waals surface area contributed by atoms with Gasteiger partial charge in [0.25, 0.3) is 0 Å². The molecule has 3 rings (SSSR count). The Morgan fingerprint density at radius 2 is 2.10 bits per heavy atom. The van der Waals surface area contributed by atoms with Crippen LogP contribution in [0.5, 0.6) is 5.88 Å². The number of ether oxygens (including phenoxy) is 1. The number of anilines is 1. The molecule has 2 aliphatic rings. The molecule has 0 bridgehead atoms. The summed E-state index contributed by atoms with van der Waals surface area (Å²) in [6, 6.07) is 2.14. The van der Waals surface area contributed by atoms with Crippen molar-refractivity contribution in [2.75, 3.05) is 31.6 Å². The van der Waals surface area contributed by atoms with Gasteiger partial charge in [0.15, 0.2) is 0 Å². The van der Waals surface area contributed by atoms with Crippen molar-refractivity contribution >= 4 is 11.9 Å². The summed E-state index contributed by atoms with van der Waals surface area (Å²) in [5.41, 5.74) is 0. The lowest BCUT2D eigenvalue weighted by Crippen LogP contribution is -2.45. The van der Waals surface area contributed by atoms with Crippen LogP contribution < -0.4 is 9.64 Å². The number of hydrogen-bond acceptors (Lipinski definition) is 5. The molecule has 0 aliphatic carbocycles. The molecule has 3 heterocycles. The van der Waals surface area contributed by atoms with Crippen LogP contribution in [0.2, 0.25) is 0 Å². The molecular formula is C14H20N4O2. The van der Waals surface area contributed by atoms with Gasteiger partial charge in [0.2, 0.25) is 17.7 Å². The zero-order valence-corrected chi connectivity index (χ0v) is 11.8. The van der Waals surface area contributed by atoms with Crippen LogP contribution in [0, 0.1) is 0 Å². The quantitative estimate of drug-likeness (QED) is 0.826. The van der Waals surface area contributed by atoms with Crippen molar-refractivity contribution in [3.8, 4) is 5.88 Å². The topological polar surface area (TPSA) is 58.6 Å². The maximum Gasteiger partial charge on any atom is 0.228 e. The first kappa shape index (κ1) is 13.1. The molecule has 0 atom stereocenters. The minimum absolute atomic E-state index is 0.320. The Balaban J connectivity index is 1.61. The highest BCUT2D eigenvalue weighted by Gasteiger charge is 2.31. The van der Waals surface area contributed by atoms with E-state index in [0.29, 0.717) is 17.8 Å². The Bertz CT molecular complexity index is 486. The van der Waals surface area contributed by atoms with E-state index in [0.717, 1.165) is 51.3 Å². The average Bonchev–Trinajstić information content (AvgIpc) is 2.94. The maximum atomic E-state index is 11.8. The van der Waals surface area contributed by atoms with Crippen LogP contribution in [0.1, 0.15) is 25.7 Å². The van der Waals surface area contributed by atoms with Crippen molar-refractivity contribution in [2.24, 2.45) is 0 Å². The molecule has 0 radical (unpaired) electrons. The van der Waals surface area contributed by atoms with Crippen molar-refractivity contribution in [2.45, 2.75) is 31.7 Å². The SMILES string of the molecule is COc1ccnc(N2CCC(N3CCCC3=O)CC2)n1. The maximum absolute atomic E-state index is 11.8. The fraction of sp³-hybridized carbons (Fsp3) is 0.643. The van der Waals surface area contributed by atoms with Gasteiger partial charge < -0.3 is 14.5 Å². The highest BCUT2D eigenvalue weighted by Crippen LogP contribution is 2.24. The minimum atomic E-state index is 0.320. The summed E-state index contributed by atoms with van der Waals surface area (Å²) in [6.07, 6.45) is 5.44. The van der Waals surface area contributed by atoms with Crippen molar-refractivity contribution < 1.29 is 9.53 Å².